The normalized spacial score (nSPS) is 23.3. The average Bonchev–Trinajstić information content (AvgIpc) is 3.31. The highest BCUT2D eigenvalue weighted by atomic mass is 16.5. The minimum atomic E-state index is -0.170. The van der Waals surface area contributed by atoms with Gasteiger partial charge in [-0.2, -0.15) is 4.98 Å². The summed E-state index contributed by atoms with van der Waals surface area (Å²) < 4.78 is 12.6. The third-order valence-corrected chi connectivity index (χ3v) is 4.79. The second kappa shape index (κ2) is 6.67. The summed E-state index contributed by atoms with van der Waals surface area (Å²) >= 11 is 0. The fourth-order valence-electron chi connectivity index (χ4n) is 3.23. The molecule has 2 fully saturated rings. The van der Waals surface area contributed by atoms with Crippen LogP contribution in [0.5, 0.6) is 0 Å². The van der Waals surface area contributed by atoms with Crippen LogP contribution in [0.1, 0.15) is 37.2 Å². The minimum absolute atomic E-state index is 0.0401. The fourth-order valence-corrected chi connectivity index (χ4v) is 3.23. The van der Waals surface area contributed by atoms with E-state index in [2.05, 4.69) is 25.8 Å². The van der Waals surface area contributed by atoms with Crippen molar-refractivity contribution in [3.63, 3.8) is 0 Å². The van der Waals surface area contributed by atoms with Crippen molar-refractivity contribution >= 4 is 11.8 Å². The van der Waals surface area contributed by atoms with E-state index in [0.717, 1.165) is 5.69 Å². The van der Waals surface area contributed by atoms with Crippen LogP contribution in [0, 0.1) is 19.8 Å². The van der Waals surface area contributed by atoms with Crippen molar-refractivity contribution in [3.8, 4) is 0 Å². The van der Waals surface area contributed by atoms with Gasteiger partial charge in [-0.15, -0.1) is 5.10 Å². The molecule has 140 valence electrons. The van der Waals surface area contributed by atoms with Crippen LogP contribution in [0.15, 0.2) is 4.52 Å². The zero-order chi connectivity index (χ0) is 18.3. The van der Waals surface area contributed by atoms with Gasteiger partial charge in [0.15, 0.2) is 11.6 Å². The maximum atomic E-state index is 12.7. The number of ether oxygens (including phenoxy) is 1. The Balaban J connectivity index is 1.41. The highest BCUT2D eigenvalue weighted by Gasteiger charge is 2.38. The molecule has 2 amide bonds. The van der Waals surface area contributed by atoms with Gasteiger partial charge in [0.25, 0.3) is 0 Å². The molecule has 10 nitrogen and oxygen atoms in total. The van der Waals surface area contributed by atoms with Crippen LogP contribution < -0.4 is 5.32 Å². The van der Waals surface area contributed by atoms with E-state index in [-0.39, 0.29) is 18.2 Å². The van der Waals surface area contributed by atoms with E-state index in [4.69, 9.17) is 9.26 Å². The molecule has 1 saturated carbocycles. The van der Waals surface area contributed by atoms with E-state index in [9.17, 15) is 4.79 Å². The van der Waals surface area contributed by atoms with Gasteiger partial charge in [-0.3, -0.25) is 5.32 Å². The maximum absolute atomic E-state index is 12.7. The van der Waals surface area contributed by atoms with E-state index in [1.54, 1.807) is 16.5 Å². The van der Waals surface area contributed by atoms with Crippen molar-refractivity contribution in [2.24, 2.45) is 5.92 Å². The zero-order valence-electron chi connectivity index (χ0n) is 15.2. The number of urea groups is 1. The predicted octanol–water partition coefficient (Wildman–Crippen LogP) is 1.36. The smallest absolute Gasteiger partial charge is 0.323 e. The first-order valence-electron chi connectivity index (χ1n) is 8.90. The number of morpholine rings is 1. The highest BCUT2D eigenvalue weighted by molar-refractivity contribution is 5.88. The lowest BCUT2D eigenvalue weighted by Crippen LogP contribution is -2.51. The number of nitrogens with one attached hydrogen (secondary N) is 1. The lowest BCUT2D eigenvalue weighted by Gasteiger charge is -2.36. The molecule has 2 aromatic heterocycles. The Morgan fingerprint density at radius 3 is 2.81 bits per heavy atom. The van der Waals surface area contributed by atoms with Crippen LogP contribution >= 0.6 is 0 Å². The Bertz CT molecular complexity index is 798. The van der Waals surface area contributed by atoms with Crippen molar-refractivity contribution < 1.29 is 14.1 Å². The summed E-state index contributed by atoms with van der Waals surface area (Å²) in [6, 6.07) is -0.170. The topological polar surface area (TPSA) is 111 Å². The Kier molecular flexibility index (Phi) is 4.35. The summed E-state index contributed by atoms with van der Waals surface area (Å²) in [6.07, 6.45) is 2.56. The molecule has 1 N–H and O–H groups in total. The number of hydrogen-bond acceptors (Lipinski definition) is 7. The maximum Gasteiger partial charge on any atom is 0.323 e. The molecule has 26 heavy (non-hydrogen) atoms. The van der Waals surface area contributed by atoms with Crippen molar-refractivity contribution in [2.75, 3.05) is 18.4 Å². The summed E-state index contributed by atoms with van der Waals surface area (Å²) in [5, 5.41) is 14.9. The summed E-state index contributed by atoms with van der Waals surface area (Å²) in [7, 11) is 0. The molecule has 2 atom stereocenters. The summed E-state index contributed by atoms with van der Waals surface area (Å²) in [4.78, 5) is 18.6. The number of carbonyl (C=O) groups is 1. The van der Waals surface area contributed by atoms with Crippen molar-refractivity contribution in [1.29, 1.82) is 0 Å². The molecular formula is C16H23N7O3. The first-order chi connectivity index (χ1) is 12.5. The number of nitrogens with zero attached hydrogens (tertiary/aromatic N) is 6. The third-order valence-electron chi connectivity index (χ3n) is 4.79. The molecule has 0 radical (unpaired) electrons. The van der Waals surface area contributed by atoms with Gasteiger partial charge in [0.2, 0.25) is 5.89 Å². The molecule has 1 aliphatic carbocycles. The third kappa shape index (κ3) is 3.55. The monoisotopic (exact) mass is 361 g/mol. The lowest BCUT2D eigenvalue weighted by atomic mass is 10.1. The zero-order valence-corrected chi connectivity index (χ0v) is 15.2. The van der Waals surface area contributed by atoms with Crippen LogP contribution in [0.4, 0.5) is 10.6 Å². The average molecular weight is 361 g/mol. The summed E-state index contributed by atoms with van der Waals surface area (Å²) in [5.41, 5.74) is 0.737. The Hall–Kier alpha value is -2.49. The highest BCUT2D eigenvalue weighted by Crippen LogP contribution is 2.36. The van der Waals surface area contributed by atoms with Crippen molar-refractivity contribution in [2.45, 2.75) is 52.4 Å². The van der Waals surface area contributed by atoms with Crippen molar-refractivity contribution in [1.82, 2.24) is 30.0 Å². The molecule has 0 unspecified atom stereocenters. The predicted molar refractivity (Wildman–Crippen MR) is 90.5 cm³/mol. The summed E-state index contributed by atoms with van der Waals surface area (Å²) in [6.45, 7) is 7.11. The molecule has 2 aromatic rings. The van der Waals surface area contributed by atoms with E-state index >= 15 is 0 Å². The standard InChI is InChI=1S/C16H23N7O3/c1-9-6-22(7-13(25-9)12-4-5-12)16(24)18-15-10(2)23(21-19-15)8-14-17-11(3)26-20-14/h9,12-13H,4-8H2,1-3H3,(H,18,24)/t9-,13+/m1/s1. The van der Waals surface area contributed by atoms with Gasteiger partial charge in [-0.1, -0.05) is 10.4 Å². The molecule has 1 aliphatic heterocycles. The number of hydrogen-bond donors (Lipinski definition) is 1. The second-order valence-electron chi connectivity index (χ2n) is 7.07. The first kappa shape index (κ1) is 17.0. The molecule has 2 aliphatic rings. The molecular weight excluding hydrogens is 338 g/mol. The largest absolute Gasteiger partial charge is 0.371 e. The fraction of sp³-hybridized carbons (Fsp3) is 0.688. The molecule has 10 heteroatoms. The number of amides is 2. The number of rotatable bonds is 4. The van der Waals surface area contributed by atoms with Gasteiger partial charge in [-0.05, 0) is 32.6 Å². The summed E-state index contributed by atoms with van der Waals surface area (Å²) in [5.74, 6) is 2.05. The molecule has 0 bridgehead atoms. The first-order valence-corrected chi connectivity index (χ1v) is 8.90. The number of carbonyl (C=O) groups excluding carboxylic acids is 1. The van der Waals surface area contributed by atoms with Gasteiger partial charge < -0.3 is 14.2 Å². The van der Waals surface area contributed by atoms with Gasteiger partial charge in [0.1, 0.15) is 6.54 Å². The number of aromatic nitrogens is 5. The second-order valence-corrected chi connectivity index (χ2v) is 7.07. The molecule has 1 saturated heterocycles. The van der Waals surface area contributed by atoms with Gasteiger partial charge in [0, 0.05) is 20.0 Å². The number of anilines is 1. The van der Waals surface area contributed by atoms with E-state index in [1.807, 2.05) is 13.8 Å². The quantitative estimate of drug-likeness (QED) is 0.875. The molecule has 4 rings (SSSR count). The van der Waals surface area contributed by atoms with Crippen LogP contribution in [-0.4, -0.2) is 61.4 Å². The molecule has 3 heterocycles. The van der Waals surface area contributed by atoms with Crippen LogP contribution in [-0.2, 0) is 11.3 Å². The Morgan fingerprint density at radius 1 is 1.31 bits per heavy atom. The van der Waals surface area contributed by atoms with E-state index in [0.29, 0.717) is 43.1 Å². The number of aryl methyl sites for hydroxylation is 1. The Morgan fingerprint density at radius 2 is 2.12 bits per heavy atom. The van der Waals surface area contributed by atoms with Crippen LogP contribution in [0.25, 0.3) is 0 Å². The Labute approximate surface area is 150 Å². The van der Waals surface area contributed by atoms with Crippen LogP contribution in [0.3, 0.4) is 0 Å². The SMILES string of the molecule is Cc1nc(Cn2nnc(NC(=O)N3C[C@@H](C)O[C@H](C4CC4)C3)c2C)no1. The van der Waals surface area contributed by atoms with E-state index in [1.165, 1.54) is 12.8 Å². The molecule has 0 aromatic carbocycles. The van der Waals surface area contributed by atoms with Crippen molar-refractivity contribution in [3.05, 3.63) is 17.4 Å². The lowest BCUT2D eigenvalue weighted by molar-refractivity contribution is -0.0717. The molecule has 0 spiro atoms. The van der Waals surface area contributed by atoms with Gasteiger partial charge >= 0.3 is 6.03 Å². The van der Waals surface area contributed by atoms with Gasteiger partial charge in [0.05, 0.1) is 17.9 Å². The minimum Gasteiger partial charge on any atom is -0.371 e. The van der Waals surface area contributed by atoms with Crippen LogP contribution in [0.2, 0.25) is 0 Å². The van der Waals surface area contributed by atoms with E-state index < -0.39 is 0 Å². The van der Waals surface area contributed by atoms with Gasteiger partial charge in [-0.25, -0.2) is 9.48 Å².